The molecule has 0 bridgehead atoms. The van der Waals surface area contributed by atoms with Gasteiger partial charge in [-0.05, 0) is 68.5 Å². The van der Waals surface area contributed by atoms with E-state index in [1.165, 1.54) is 4.31 Å². The topological polar surface area (TPSA) is 66.5 Å². The van der Waals surface area contributed by atoms with Crippen molar-refractivity contribution in [1.29, 1.82) is 0 Å². The van der Waals surface area contributed by atoms with Gasteiger partial charge in [-0.15, -0.1) is 0 Å². The van der Waals surface area contributed by atoms with Gasteiger partial charge in [0.05, 0.1) is 11.9 Å². The maximum absolute atomic E-state index is 13.1. The number of nitrogens with one attached hydrogen (secondary N) is 1. The van der Waals surface area contributed by atoms with Gasteiger partial charge in [0.15, 0.2) is 0 Å². The minimum Gasteiger partial charge on any atom is -0.324 e. The summed E-state index contributed by atoms with van der Waals surface area (Å²) in [5, 5.41) is 2.94. The molecule has 2 aromatic rings. The summed E-state index contributed by atoms with van der Waals surface area (Å²) >= 11 is 0. The third kappa shape index (κ3) is 4.89. The molecule has 5 nitrogen and oxygen atoms in total. The van der Waals surface area contributed by atoms with Crippen molar-refractivity contribution in [2.24, 2.45) is 0 Å². The number of nitrogens with zero attached hydrogens (tertiary/aromatic N) is 1. The first-order chi connectivity index (χ1) is 12.5. The molecule has 0 aliphatic rings. The maximum atomic E-state index is 13.1. The molecule has 6 heteroatoms. The fourth-order valence-electron chi connectivity index (χ4n) is 3.36. The Hall–Kier alpha value is -2.34. The van der Waals surface area contributed by atoms with E-state index in [-0.39, 0.29) is 5.91 Å². The van der Waals surface area contributed by atoms with Gasteiger partial charge < -0.3 is 5.32 Å². The quantitative estimate of drug-likeness (QED) is 0.810. The zero-order valence-corrected chi connectivity index (χ0v) is 17.6. The van der Waals surface area contributed by atoms with Gasteiger partial charge in [0.25, 0.3) is 0 Å². The minimum atomic E-state index is -3.65. The van der Waals surface area contributed by atoms with E-state index < -0.39 is 16.1 Å². The summed E-state index contributed by atoms with van der Waals surface area (Å²) in [4.78, 5) is 13.1. The third-order valence-corrected chi connectivity index (χ3v) is 5.70. The molecule has 2 rings (SSSR count). The van der Waals surface area contributed by atoms with E-state index in [0.717, 1.165) is 34.2 Å². The van der Waals surface area contributed by atoms with Crippen LogP contribution in [0.25, 0.3) is 0 Å². The largest absolute Gasteiger partial charge is 0.324 e. The van der Waals surface area contributed by atoms with Crippen molar-refractivity contribution < 1.29 is 13.2 Å². The molecular formula is C21H28N2O3S. The molecule has 146 valence electrons. The first kappa shape index (κ1) is 21.0. The predicted molar refractivity (Wildman–Crippen MR) is 112 cm³/mol. The molecular weight excluding hydrogens is 360 g/mol. The average molecular weight is 389 g/mol. The van der Waals surface area contributed by atoms with Crippen molar-refractivity contribution in [2.45, 2.75) is 47.1 Å². The average Bonchev–Trinajstić information content (AvgIpc) is 2.53. The van der Waals surface area contributed by atoms with Crippen LogP contribution in [-0.2, 0) is 14.8 Å². The van der Waals surface area contributed by atoms with Gasteiger partial charge in [-0.1, -0.05) is 31.2 Å². The second-order valence-electron chi connectivity index (χ2n) is 7.08. The van der Waals surface area contributed by atoms with Crippen molar-refractivity contribution in [3.8, 4) is 0 Å². The lowest BCUT2D eigenvalue weighted by molar-refractivity contribution is -0.117. The number of hydrogen-bond donors (Lipinski definition) is 1. The molecule has 0 saturated carbocycles. The molecule has 1 unspecified atom stereocenters. The van der Waals surface area contributed by atoms with Crippen molar-refractivity contribution in [1.82, 2.24) is 0 Å². The van der Waals surface area contributed by atoms with Gasteiger partial charge in [-0.3, -0.25) is 9.10 Å². The van der Waals surface area contributed by atoms with Crippen molar-refractivity contribution in [2.75, 3.05) is 15.9 Å². The first-order valence-corrected chi connectivity index (χ1v) is 10.8. The highest BCUT2D eigenvalue weighted by molar-refractivity contribution is 7.92. The lowest BCUT2D eigenvalue weighted by Crippen LogP contribution is -2.47. The smallest absolute Gasteiger partial charge is 0.248 e. The number of anilines is 2. The summed E-state index contributed by atoms with van der Waals surface area (Å²) in [5.74, 6) is -0.334. The number of amides is 1. The summed E-state index contributed by atoms with van der Waals surface area (Å²) < 4.78 is 26.4. The molecule has 0 aliphatic carbocycles. The van der Waals surface area contributed by atoms with E-state index in [1.807, 2.05) is 58.9 Å². The normalized spacial score (nSPS) is 12.5. The Morgan fingerprint density at radius 1 is 1.04 bits per heavy atom. The molecule has 0 aromatic heterocycles. The Balaban J connectivity index is 2.48. The van der Waals surface area contributed by atoms with Crippen LogP contribution >= 0.6 is 0 Å². The number of sulfonamides is 1. The van der Waals surface area contributed by atoms with Gasteiger partial charge >= 0.3 is 0 Å². The second-order valence-corrected chi connectivity index (χ2v) is 8.94. The van der Waals surface area contributed by atoms with E-state index >= 15 is 0 Å². The Labute approximate surface area is 162 Å². The summed E-state index contributed by atoms with van der Waals surface area (Å²) in [7, 11) is -3.65. The number of carbonyl (C=O) groups excluding carboxylic acids is 1. The second kappa shape index (κ2) is 8.13. The van der Waals surface area contributed by atoms with Gasteiger partial charge in [0.2, 0.25) is 15.9 Å². The van der Waals surface area contributed by atoms with Crippen LogP contribution in [0, 0.1) is 27.7 Å². The van der Waals surface area contributed by atoms with Crippen LogP contribution in [0.5, 0.6) is 0 Å². The number of carbonyl (C=O) groups is 1. The van der Waals surface area contributed by atoms with E-state index in [4.69, 9.17) is 0 Å². The molecule has 0 aliphatic heterocycles. The molecule has 0 spiro atoms. The number of benzene rings is 2. The highest BCUT2D eigenvalue weighted by atomic mass is 32.2. The SMILES string of the molecule is CCC(C(=O)Nc1c(C)cccc1C)N(c1cc(C)cc(C)c1)S(C)(=O)=O. The molecule has 0 radical (unpaired) electrons. The minimum absolute atomic E-state index is 0.334. The summed E-state index contributed by atoms with van der Waals surface area (Å²) in [6, 6.07) is 10.5. The number of para-hydroxylation sites is 1. The van der Waals surface area contributed by atoms with Gasteiger partial charge in [-0.2, -0.15) is 0 Å². The molecule has 0 fully saturated rings. The molecule has 0 heterocycles. The molecule has 2 aromatic carbocycles. The van der Waals surface area contributed by atoms with Gasteiger partial charge in [0, 0.05) is 5.69 Å². The molecule has 1 N–H and O–H groups in total. The summed E-state index contributed by atoms with van der Waals surface area (Å²) in [6.45, 7) is 9.47. The van der Waals surface area contributed by atoms with E-state index in [2.05, 4.69) is 5.32 Å². The molecule has 27 heavy (non-hydrogen) atoms. The van der Waals surface area contributed by atoms with Crippen LogP contribution < -0.4 is 9.62 Å². The molecule has 1 atom stereocenters. The monoisotopic (exact) mass is 388 g/mol. The van der Waals surface area contributed by atoms with Crippen LogP contribution in [0.3, 0.4) is 0 Å². The zero-order chi connectivity index (χ0) is 20.4. The Bertz CT molecular complexity index is 911. The van der Waals surface area contributed by atoms with Crippen molar-refractivity contribution >= 4 is 27.3 Å². The lowest BCUT2D eigenvalue weighted by atomic mass is 10.1. The summed E-state index contributed by atoms with van der Waals surface area (Å²) in [5.41, 5.74) is 5.02. The number of aryl methyl sites for hydroxylation is 4. The van der Waals surface area contributed by atoms with Crippen LogP contribution in [-0.4, -0.2) is 26.6 Å². The standard InChI is InChI=1S/C21H28N2O3S/c1-7-19(21(24)22-20-16(4)9-8-10-17(20)5)23(27(6,25)26)18-12-14(2)11-15(3)13-18/h8-13,19H,7H2,1-6H3,(H,22,24). The van der Waals surface area contributed by atoms with Gasteiger partial charge in [-0.25, -0.2) is 8.42 Å². The molecule has 0 saturated heterocycles. The van der Waals surface area contributed by atoms with E-state index in [0.29, 0.717) is 12.1 Å². The van der Waals surface area contributed by atoms with Crippen LogP contribution in [0.2, 0.25) is 0 Å². The van der Waals surface area contributed by atoms with Crippen molar-refractivity contribution in [3.63, 3.8) is 0 Å². The maximum Gasteiger partial charge on any atom is 0.248 e. The number of rotatable bonds is 6. The Morgan fingerprint density at radius 2 is 1.56 bits per heavy atom. The fraction of sp³-hybridized carbons (Fsp3) is 0.381. The Kier molecular flexibility index (Phi) is 6.31. The highest BCUT2D eigenvalue weighted by Crippen LogP contribution is 2.27. The molecule has 1 amide bonds. The van der Waals surface area contributed by atoms with Gasteiger partial charge in [0.1, 0.15) is 6.04 Å². The number of hydrogen-bond acceptors (Lipinski definition) is 3. The Morgan fingerprint density at radius 3 is 2.00 bits per heavy atom. The zero-order valence-electron chi connectivity index (χ0n) is 16.8. The highest BCUT2D eigenvalue weighted by Gasteiger charge is 2.32. The lowest BCUT2D eigenvalue weighted by Gasteiger charge is -2.31. The van der Waals surface area contributed by atoms with E-state index in [9.17, 15) is 13.2 Å². The van der Waals surface area contributed by atoms with Crippen molar-refractivity contribution in [3.05, 3.63) is 58.7 Å². The van der Waals surface area contributed by atoms with E-state index in [1.54, 1.807) is 12.1 Å². The third-order valence-electron chi connectivity index (χ3n) is 4.52. The first-order valence-electron chi connectivity index (χ1n) is 8.99. The summed E-state index contributed by atoms with van der Waals surface area (Å²) in [6.07, 6.45) is 1.50. The van der Waals surface area contributed by atoms with Crippen LogP contribution in [0.4, 0.5) is 11.4 Å². The van der Waals surface area contributed by atoms with Crippen LogP contribution in [0.15, 0.2) is 36.4 Å². The van der Waals surface area contributed by atoms with Crippen LogP contribution in [0.1, 0.15) is 35.6 Å². The fourth-order valence-corrected chi connectivity index (χ4v) is 4.55. The predicted octanol–water partition coefficient (Wildman–Crippen LogP) is 4.10.